The molecule has 0 aliphatic carbocycles. The maximum Gasteiger partial charge on any atom is 0.352 e. The van der Waals surface area contributed by atoms with Crippen molar-refractivity contribution in [1.29, 1.82) is 0 Å². The van der Waals surface area contributed by atoms with Crippen molar-refractivity contribution in [1.82, 2.24) is 4.98 Å². The first-order valence-electron chi connectivity index (χ1n) is 5.52. The second-order valence-electron chi connectivity index (χ2n) is 4.20. The van der Waals surface area contributed by atoms with Crippen LogP contribution in [0.25, 0.3) is 0 Å². The normalized spacial score (nSPS) is 18.3. The number of carboxylic acid groups (broad SMARTS) is 1. The topological polar surface area (TPSA) is 78.7 Å². The van der Waals surface area contributed by atoms with Crippen molar-refractivity contribution in [2.24, 2.45) is 0 Å². The summed E-state index contributed by atoms with van der Waals surface area (Å²) in [6.07, 6.45) is 1.36. The maximum atomic E-state index is 10.9. The third-order valence-corrected chi connectivity index (χ3v) is 2.94. The molecule has 1 atom stereocenters. The molecule has 0 radical (unpaired) electrons. The summed E-state index contributed by atoms with van der Waals surface area (Å²) in [7, 11) is 1.87. The molecule has 0 saturated heterocycles. The molecule has 18 heavy (non-hydrogen) atoms. The maximum absolute atomic E-state index is 10.9. The van der Waals surface area contributed by atoms with Gasteiger partial charge in [-0.3, -0.25) is 0 Å². The second-order valence-corrected chi connectivity index (χ2v) is 4.20. The van der Waals surface area contributed by atoms with E-state index in [-0.39, 0.29) is 11.8 Å². The van der Waals surface area contributed by atoms with Gasteiger partial charge in [-0.05, 0) is 12.1 Å². The number of nitrogens with zero attached hydrogens (tertiary/aromatic N) is 1. The third kappa shape index (κ3) is 1.62. The molecular formula is C12H12N2O4. The predicted molar refractivity (Wildman–Crippen MR) is 63.1 cm³/mol. The highest BCUT2D eigenvalue weighted by Crippen LogP contribution is 2.37. The number of likely N-dealkylation sites (N-methyl/N-ethyl adjacent to an activating group) is 1. The Labute approximate surface area is 103 Å². The van der Waals surface area contributed by atoms with E-state index in [4.69, 9.17) is 14.3 Å². The number of hydrogen-bond donors (Lipinski definition) is 2. The lowest BCUT2D eigenvalue weighted by atomic mass is 10.2. The number of aromatic carboxylic acids is 1. The summed E-state index contributed by atoms with van der Waals surface area (Å²) < 4.78 is 11.1. The zero-order valence-corrected chi connectivity index (χ0v) is 9.71. The molecule has 0 fully saturated rings. The number of anilines is 1. The Hall–Kier alpha value is -2.37. The third-order valence-electron chi connectivity index (χ3n) is 2.94. The Kier molecular flexibility index (Phi) is 2.29. The minimum absolute atomic E-state index is 0.118. The van der Waals surface area contributed by atoms with Gasteiger partial charge in [-0.1, -0.05) is 0 Å². The number of hydrogen-bond acceptors (Lipinski definition) is 4. The van der Waals surface area contributed by atoms with Crippen LogP contribution in [0.15, 0.2) is 28.9 Å². The van der Waals surface area contributed by atoms with Crippen LogP contribution in [0, 0.1) is 0 Å². The van der Waals surface area contributed by atoms with Crippen LogP contribution < -0.4 is 9.64 Å². The molecule has 0 bridgehead atoms. The first-order valence-corrected chi connectivity index (χ1v) is 5.52. The van der Waals surface area contributed by atoms with E-state index >= 15 is 0 Å². The van der Waals surface area contributed by atoms with Gasteiger partial charge in [0, 0.05) is 13.1 Å². The lowest BCUT2D eigenvalue weighted by Gasteiger charge is -2.30. The lowest BCUT2D eigenvalue weighted by molar-refractivity contribution is 0.0691. The van der Waals surface area contributed by atoms with Crippen molar-refractivity contribution < 1.29 is 19.1 Å². The van der Waals surface area contributed by atoms with Crippen molar-refractivity contribution in [2.45, 2.75) is 6.10 Å². The highest BCUT2D eigenvalue weighted by atomic mass is 16.5. The summed E-state index contributed by atoms with van der Waals surface area (Å²) >= 11 is 0. The number of furan rings is 1. The van der Waals surface area contributed by atoms with E-state index in [2.05, 4.69) is 4.98 Å². The fourth-order valence-corrected chi connectivity index (χ4v) is 2.07. The van der Waals surface area contributed by atoms with Crippen LogP contribution in [0.5, 0.6) is 5.75 Å². The number of ether oxygens (including phenoxy) is 1. The van der Waals surface area contributed by atoms with E-state index in [1.54, 1.807) is 12.3 Å². The largest absolute Gasteiger partial charge is 0.477 e. The zero-order valence-electron chi connectivity index (χ0n) is 9.71. The number of carboxylic acids is 1. The van der Waals surface area contributed by atoms with Crippen LogP contribution in [0.2, 0.25) is 0 Å². The molecule has 2 aromatic heterocycles. The Morgan fingerprint density at radius 3 is 3.11 bits per heavy atom. The number of rotatable bonds is 2. The van der Waals surface area contributed by atoms with Gasteiger partial charge in [-0.25, -0.2) is 4.79 Å². The van der Waals surface area contributed by atoms with Gasteiger partial charge in [0.15, 0.2) is 11.9 Å². The molecular weight excluding hydrogens is 236 g/mol. The standard InChI is InChI=1S/C12H12N2O4/c1-14-6-10(8-3-2-4-17-8)18-9-5-7(12(15)16)13-11(9)14/h2-5,10,13H,6H2,1H3,(H,15,16). The number of fused-ring (bicyclic) bond motifs is 1. The van der Waals surface area contributed by atoms with Crippen LogP contribution in [-0.4, -0.2) is 29.7 Å². The molecule has 1 unspecified atom stereocenters. The van der Waals surface area contributed by atoms with Gasteiger partial charge in [-0.2, -0.15) is 0 Å². The first-order chi connectivity index (χ1) is 8.65. The summed E-state index contributed by atoms with van der Waals surface area (Å²) in [5.74, 6) is 0.930. The number of aromatic amines is 1. The van der Waals surface area contributed by atoms with Gasteiger partial charge < -0.3 is 24.1 Å². The van der Waals surface area contributed by atoms with E-state index in [9.17, 15) is 4.79 Å². The fourth-order valence-electron chi connectivity index (χ4n) is 2.07. The molecule has 6 heteroatoms. The highest BCUT2D eigenvalue weighted by molar-refractivity contribution is 5.88. The second kappa shape index (κ2) is 3.83. The van der Waals surface area contributed by atoms with Gasteiger partial charge in [0.1, 0.15) is 17.3 Å². The van der Waals surface area contributed by atoms with Crippen molar-refractivity contribution in [3.63, 3.8) is 0 Å². The van der Waals surface area contributed by atoms with Crippen LogP contribution in [-0.2, 0) is 0 Å². The molecule has 3 heterocycles. The zero-order chi connectivity index (χ0) is 12.7. The Morgan fingerprint density at radius 2 is 2.44 bits per heavy atom. The molecule has 0 amide bonds. The minimum Gasteiger partial charge on any atom is -0.477 e. The van der Waals surface area contributed by atoms with Gasteiger partial charge in [0.05, 0.1) is 12.8 Å². The summed E-state index contributed by atoms with van der Waals surface area (Å²) in [5.41, 5.74) is 0.118. The van der Waals surface area contributed by atoms with E-state index in [0.717, 1.165) is 5.76 Å². The highest BCUT2D eigenvalue weighted by Gasteiger charge is 2.29. The lowest BCUT2D eigenvalue weighted by Crippen LogP contribution is -2.31. The average Bonchev–Trinajstić information content (AvgIpc) is 2.97. The number of H-pyrrole nitrogens is 1. The van der Waals surface area contributed by atoms with Crippen LogP contribution >= 0.6 is 0 Å². The monoisotopic (exact) mass is 248 g/mol. The van der Waals surface area contributed by atoms with E-state index in [0.29, 0.717) is 18.1 Å². The van der Waals surface area contributed by atoms with E-state index in [1.807, 2.05) is 18.0 Å². The van der Waals surface area contributed by atoms with Crippen LogP contribution in [0.4, 0.5) is 5.82 Å². The fraction of sp³-hybridized carbons (Fsp3) is 0.250. The summed E-state index contributed by atoms with van der Waals surface area (Å²) in [6, 6.07) is 5.13. The molecule has 94 valence electrons. The van der Waals surface area contributed by atoms with E-state index < -0.39 is 5.97 Å². The molecule has 0 saturated carbocycles. The summed E-state index contributed by atoms with van der Waals surface area (Å²) in [4.78, 5) is 15.6. The molecule has 0 spiro atoms. The van der Waals surface area contributed by atoms with Crippen molar-refractivity contribution in [3.05, 3.63) is 35.9 Å². The van der Waals surface area contributed by atoms with Gasteiger partial charge in [-0.15, -0.1) is 0 Å². The first kappa shape index (κ1) is 10.8. The Bertz CT molecular complexity index is 573. The molecule has 2 aromatic rings. The molecule has 1 aliphatic heterocycles. The summed E-state index contributed by atoms with van der Waals surface area (Å²) in [6.45, 7) is 0.597. The quantitative estimate of drug-likeness (QED) is 0.848. The van der Waals surface area contributed by atoms with Crippen molar-refractivity contribution in [2.75, 3.05) is 18.5 Å². The number of aromatic nitrogens is 1. The smallest absolute Gasteiger partial charge is 0.352 e. The molecule has 1 aliphatic rings. The van der Waals surface area contributed by atoms with Crippen LogP contribution in [0.1, 0.15) is 22.4 Å². The van der Waals surface area contributed by atoms with Crippen molar-refractivity contribution >= 4 is 11.8 Å². The van der Waals surface area contributed by atoms with Gasteiger partial charge in [0.2, 0.25) is 0 Å². The van der Waals surface area contributed by atoms with Crippen LogP contribution in [0.3, 0.4) is 0 Å². The van der Waals surface area contributed by atoms with Gasteiger partial charge >= 0.3 is 5.97 Å². The van der Waals surface area contributed by atoms with E-state index in [1.165, 1.54) is 6.07 Å². The molecule has 0 aromatic carbocycles. The number of carbonyl (C=O) groups is 1. The SMILES string of the molecule is CN1CC(c2ccco2)Oc2cc(C(=O)O)[nH]c21. The minimum atomic E-state index is -1.00. The molecule has 3 rings (SSSR count). The van der Waals surface area contributed by atoms with Gasteiger partial charge in [0.25, 0.3) is 0 Å². The Balaban J connectivity index is 1.94. The Morgan fingerprint density at radius 1 is 1.61 bits per heavy atom. The predicted octanol–water partition coefficient (Wildman–Crippen LogP) is 1.88. The number of nitrogens with one attached hydrogen (secondary N) is 1. The average molecular weight is 248 g/mol. The molecule has 2 N–H and O–H groups in total. The summed E-state index contributed by atoms with van der Waals surface area (Å²) in [5, 5.41) is 8.95. The van der Waals surface area contributed by atoms with Crippen molar-refractivity contribution in [3.8, 4) is 5.75 Å². The molecule has 6 nitrogen and oxygen atoms in total.